The fourth-order valence-electron chi connectivity index (χ4n) is 2.96. The van der Waals surface area contributed by atoms with Gasteiger partial charge in [-0.2, -0.15) is 5.10 Å². The molecule has 1 aromatic heterocycles. The van der Waals surface area contributed by atoms with E-state index in [1.807, 2.05) is 38.6 Å². The van der Waals surface area contributed by atoms with Crippen molar-refractivity contribution in [2.24, 2.45) is 12.0 Å². The van der Waals surface area contributed by atoms with Gasteiger partial charge in [0.25, 0.3) is 0 Å². The molecular weight excluding hydrogens is 358 g/mol. The molecule has 0 bridgehead atoms. The highest BCUT2D eigenvalue weighted by Crippen LogP contribution is 2.11. The molecule has 0 aliphatic carbocycles. The van der Waals surface area contributed by atoms with Crippen molar-refractivity contribution in [3.8, 4) is 0 Å². The molecule has 28 heavy (non-hydrogen) atoms. The zero-order chi connectivity index (χ0) is 20.6. The van der Waals surface area contributed by atoms with E-state index in [0.717, 1.165) is 57.3 Å². The van der Waals surface area contributed by atoms with Gasteiger partial charge in [-0.3, -0.25) is 14.6 Å². The Balaban J connectivity index is 1.59. The first-order chi connectivity index (χ1) is 13.3. The average Bonchev–Trinajstić information content (AvgIpc) is 3.05. The van der Waals surface area contributed by atoms with Crippen LogP contribution in [-0.4, -0.2) is 83.6 Å². The number of amides is 1. The molecule has 0 aromatic carbocycles. The first kappa shape index (κ1) is 22.0. The summed E-state index contributed by atoms with van der Waals surface area (Å²) in [5, 5.41) is 10.8. The summed E-state index contributed by atoms with van der Waals surface area (Å²) >= 11 is 0. The maximum atomic E-state index is 12.1. The molecule has 1 aromatic rings. The summed E-state index contributed by atoms with van der Waals surface area (Å²) in [6.45, 7) is 11.4. The summed E-state index contributed by atoms with van der Waals surface area (Å²) < 4.78 is 7.28. The zero-order valence-electron chi connectivity index (χ0n) is 17.9. The maximum absolute atomic E-state index is 12.1. The van der Waals surface area contributed by atoms with Gasteiger partial charge in [-0.25, -0.2) is 4.79 Å². The van der Waals surface area contributed by atoms with Crippen LogP contribution in [0.3, 0.4) is 0 Å². The van der Waals surface area contributed by atoms with Crippen LogP contribution in [0.1, 0.15) is 32.9 Å². The van der Waals surface area contributed by atoms with E-state index in [0.29, 0.717) is 6.54 Å². The number of carbonyl (C=O) groups excluding carboxylic acids is 1. The van der Waals surface area contributed by atoms with Gasteiger partial charge in [0.05, 0.1) is 12.2 Å². The van der Waals surface area contributed by atoms with E-state index >= 15 is 0 Å². The third-order valence-corrected chi connectivity index (χ3v) is 4.55. The van der Waals surface area contributed by atoms with E-state index in [4.69, 9.17) is 4.74 Å². The number of nitrogens with one attached hydrogen (secondary N) is 2. The fourth-order valence-corrected chi connectivity index (χ4v) is 2.96. The van der Waals surface area contributed by atoms with E-state index in [1.54, 1.807) is 18.1 Å². The number of nitrogens with zero attached hydrogens (tertiary/aromatic N) is 5. The van der Waals surface area contributed by atoms with Crippen LogP contribution in [0.15, 0.2) is 17.3 Å². The summed E-state index contributed by atoms with van der Waals surface area (Å²) in [7, 11) is 3.70. The Morgan fingerprint density at radius 1 is 1.25 bits per heavy atom. The summed E-state index contributed by atoms with van der Waals surface area (Å²) in [6.07, 6.45) is 2.59. The molecule has 1 aliphatic rings. The minimum Gasteiger partial charge on any atom is -0.444 e. The first-order valence-corrected chi connectivity index (χ1v) is 9.90. The van der Waals surface area contributed by atoms with E-state index in [-0.39, 0.29) is 6.09 Å². The summed E-state index contributed by atoms with van der Waals surface area (Å²) in [4.78, 5) is 20.5. The molecule has 0 radical (unpaired) electrons. The Labute approximate surface area is 168 Å². The van der Waals surface area contributed by atoms with Crippen LogP contribution in [-0.2, 0) is 18.3 Å². The molecule has 0 atom stereocenters. The highest BCUT2D eigenvalue weighted by atomic mass is 16.6. The number of carbonyl (C=O) groups is 1. The van der Waals surface area contributed by atoms with Crippen molar-refractivity contribution in [3.05, 3.63) is 18.0 Å². The Kier molecular flexibility index (Phi) is 8.10. The van der Waals surface area contributed by atoms with Crippen molar-refractivity contribution < 1.29 is 9.53 Å². The molecule has 2 rings (SSSR count). The summed E-state index contributed by atoms with van der Waals surface area (Å²) in [6, 6.07) is 1.98. The molecule has 9 heteroatoms. The second-order valence-corrected chi connectivity index (χ2v) is 7.96. The quantitative estimate of drug-likeness (QED) is 0.426. The van der Waals surface area contributed by atoms with Crippen LogP contribution in [0, 0.1) is 0 Å². The number of aliphatic imine (C=N–C) groups is 1. The number of hydrogen-bond donors (Lipinski definition) is 2. The third-order valence-electron chi connectivity index (χ3n) is 4.55. The van der Waals surface area contributed by atoms with Crippen molar-refractivity contribution in [1.29, 1.82) is 0 Å². The van der Waals surface area contributed by atoms with Crippen molar-refractivity contribution in [1.82, 2.24) is 30.2 Å². The predicted octanol–water partition coefficient (Wildman–Crippen LogP) is 1.03. The molecular formula is C19H35N7O2. The van der Waals surface area contributed by atoms with E-state index < -0.39 is 5.60 Å². The smallest absolute Gasteiger partial charge is 0.410 e. The Bertz CT molecular complexity index is 643. The molecule has 1 fully saturated rings. The molecule has 0 unspecified atom stereocenters. The lowest BCUT2D eigenvalue weighted by atomic mass is 10.2. The fraction of sp³-hybridized carbons (Fsp3) is 0.737. The van der Waals surface area contributed by atoms with Gasteiger partial charge < -0.3 is 20.3 Å². The van der Waals surface area contributed by atoms with Crippen molar-refractivity contribution in [2.45, 2.75) is 39.3 Å². The molecule has 0 spiro atoms. The van der Waals surface area contributed by atoms with Crippen LogP contribution in [0.2, 0.25) is 0 Å². The zero-order valence-corrected chi connectivity index (χ0v) is 17.9. The van der Waals surface area contributed by atoms with Gasteiger partial charge >= 0.3 is 6.09 Å². The molecule has 0 saturated carbocycles. The molecule has 1 aliphatic heterocycles. The lowest BCUT2D eigenvalue weighted by molar-refractivity contribution is 0.0145. The van der Waals surface area contributed by atoms with E-state index in [2.05, 4.69) is 25.6 Å². The highest BCUT2D eigenvalue weighted by Gasteiger charge is 2.25. The van der Waals surface area contributed by atoms with Crippen molar-refractivity contribution in [3.63, 3.8) is 0 Å². The number of aryl methyl sites for hydroxylation is 1. The van der Waals surface area contributed by atoms with Gasteiger partial charge in [0.2, 0.25) is 0 Å². The minimum absolute atomic E-state index is 0.211. The largest absolute Gasteiger partial charge is 0.444 e. The Hall–Kier alpha value is -2.29. The number of hydrogen-bond acceptors (Lipinski definition) is 5. The van der Waals surface area contributed by atoms with Crippen LogP contribution >= 0.6 is 0 Å². The minimum atomic E-state index is -0.441. The van der Waals surface area contributed by atoms with Crippen LogP contribution < -0.4 is 10.6 Å². The van der Waals surface area contributed by atoms with Crippen LogP contribution in [0.5, 0.6) is 0 Å². The van der Waals surface area contributed by atoms with E-state index in [1.165, 1.54) is 0 Å². The summed E-state index contributed by atoms with van der Waals surface area (Å²) in [5.41, 5.74) is 0.661. The summed E-state index contributed by atoms with van der Waals surface area (Å²) in [5.74, 6) is 0.788. The topological polar surface area (TPSA) is 87.0 Å². The molecule has 2 heterocycles. The highest BCUT2D eigenvalue weighted by molar-refractivity contribution is 5.79. The average molecular weight is 394 g/mol. The Morgan fingerprint density at radius 3 is 2.54 bits per heavy atom. The van der Waals surface area contributed by atoms with Crippen LogP contribution in [0.25, 0.3) is 0 Å². The number of aromatic nitrogens is 2. The SMILES string of the molecule is CN=C(NCCCN1CCN(C(=O)OC(C)(C)C)CC1)NCc1ccnn1C. The second-order valence-electron chi connectivity index (χ2n) is 7.96. The molecule has 2 N–H and O–H groups in total. The molecule has 1 amide bonds. The lowest BCUT2D eigenvalue weighted by Gasteiger charge is -2.35. The number of guanidine groups is 1. The van der Waals surface area contributed by atoms with Gasteiger partial charge in [-0.05, 0) is 39.8 Å². The number of piperazine rings is 1. The standard InChI is InChI=1S/C19H35N7O2/c1-19(2,3)28-18(27)26-13-11-25(12-14-26)10-6-8-21-17(20-4)22-15-16-7-9-23-24(16)5/h7,9H,6,8,10-15H2,1-5H3,(H2,20,21,22). The van der Waals surface area contributed by atoms with E-state index in [9.17, 15) is 4.79 Å². The van der Waals surface area contributed by atoms with Crippen LogP contribution in [0.4, 0.5) is 4.79 Å². The molecule has 158 valence electrons. The van der Waals surface area contributed by atoms with Crippen molar-refractivity contribution in [2.75, 3.05) is 46.3 Å². The van der Waals surface area contributed by atoms with Gasteiger partial charge in [-0.15, -0.1) is 0 Å². The number of rotatable bonds is 6. The van der Waals surface area contributed by atoms with Gasteiger partial charge in [0.1, 0.15) is 5.60 Å². The number of ether oxygens (including phenoxy) is 1. The lowest BCUT2D eigenvalue weighted by Crippen LogP contribution is -2.50. The third kappa shape index (κ3) is 7.38. The van der Waals surface area contributed by atoms with Crippen molar-refractivity contribution >= 4 is 12.1 Å². The normalized spacial score (nSPS) is 16.2. The first-order valence-electron chi connectivity index (χ1n) is 9.90. The van der Waals surface area contributed by atoms with Gasteiger partial charge in [0.15, 0.2) is 5.96 Å². The van der Waals surface area contributed by atoms with Gasteiger partial charge in [0, 0.05) is 53.0 Å². The molecule has 9 nitrogen and oxygen atoms in total. The maximum Gasteiger partial charge on any atom is 0.410 e. The van der Waals surface area contributed by atoms with Gasteiger partial charge in [-0.1, -0.05) is 0 Å². The monoisotopic (exact) mass is 393 g/mol. The predicted molar refractivity (Wildman–Crippen MR) is 110 cm³/mol. The Morgan fingerprint density at radius 2 is 1.96 bits per heavy atom. The molecule has 1 saturated heterocycles. The second kappa shape index (κ2) is 10.3.